The first-order valence-electron chi connectivity index (χ1n) is 10.9. The Bertz CT molecular complexity index is 1050. The van der Waals surface area contributed by atoms with Gasteiger partial charge in [-0.25, -0.2) is 4.79 Å². The molecule has 0 bridgehead atoms. The van der Waals surface area contributed by atoms with E-state index in [0.29, 0.717) is 17.7 Å². The van der Waals surface area contributed by atoms with Crippen molar-refractivity contribution in [2.45, 2.75) is 50.7 Å². The number of halogens is 6. The minimum Gasteiger partial charge on any atom is -0.457 e. The molecule has 0 aliphatic carbocycles. The fourth-order valence-corrected chi connectivity index (χ4v) is 3.02. The molecule has 0 saturated carbocycles. The van der Waals surface area contributed by atoms with Crippen molar-refractivity contribution >= 4 is 12.2 Å². The molecule has 0 radical (unpaired) electrons. The number of ether oxygens (including phenoxy) is 2. The smallest absolute Gasteiger partial charge is 0.416 e. The zero-order valence-electron chi connectivity index (χ0n) is 20.2. The Kier molecular flexibility index (Phi) is 9.26. The van der Waals surface area contributed by atoms with Crippen molar-refractivity contribution in [3.63, 3.8) is 0 Å². The highest BCUT2D eigenvalue weighted by molar-refractivity contribution is 5.69. The van der Waals surface area contributed by atoms with Crippen molar-refractivity contribution in [1.29, 1.82) is 0 Å². The highest BCUT2D eigenvalue weighted by Gasteiger charge is 2.37. The van der Waals surface area contributed by atoms with Crippen LogP contribution in [0.1, 0.15) is 43.9 Å². The summed E-state index contributed by atoms with van der Waals surface area (Å²) in [4.78, 5) is 12.0. The lowest BCUT2D eigenvalue weighted by molar-refractivity contribution is -0.143. The van der Waals surface area contributed by atoms with Gasteiger partial charge in [-0.05, 0) is 63.1 Å². The van der Waals surface area contributed by atoms with E-state index in [2.05, 4.69) is 5.32 Å². The number of benzene rings is 2. The van der Waals surface area contributed by atoms with Crippen molar-refractivity contribution < 1.29 is 50.8 Å². The number of carbonyl (C=O) groups is 1. The third-order valence-corrected chi connectivity index (χ3v) is 4.87. The van der Waals surface area contributed by atoms with Crippen molar-refractivity contribution in [2.75, 3.05) is 13.2 Å². The predicted molar refractivity (Wildman–Crippen MR) is 123 cm³/mol. The fourth-order valence-electron chi connectivity index (χ4n) is 3.02. The van der Waals surface area contributed by atoms with Crippen LogP contribution in [0.2, 0.25) is 0 Å². The second-order valence-electron chi connectivity index (χ2n) is 9.24. The van der Waals surface area contributed by atoms with Gasteiger partial charge in [-0.3, -0.25) is 0 Å². The van der Waals surface area contributed by atoms with E-state index < -0.39 is 59.7 Å². The first kappa shape index (κ1) is 30.0. The van der Waals surface area contributed by atoms with Gasteiger partial charge < -0.3 is 25.0 Å². The summed E-state index contributed by atoms with van der Waals surface area (Å²) >= 11 is 0. The van der Waals surface area contributed by atoms with Crippen LogP contribution >= 0.6 is 0 Å². The third-order valence-electron chi connectivity index (χ3n) is 4.87. The van der Waals surface area contributed by atoms with Crippen LogP contribution in [0.4, 0.5) is 31.1 Å². The van der Waals surface area contributed by atoms with E-state index in [9.17, 15) is 41.4 Å². The number of rotatable bonds is 8. The maximum atomic E-state index is 13.0. The molecule has 6 nitrogen and oxygen atoms in total. The molecule has 37 heavy (non-hydrogen) atoms. The quantitative estimate of drug-likeness (QED) is 0.352. The van der Waals surface area contributed by atoms with Crippen LogP contribution in [0.25, 0.3) is 6.08 Å². The van der Waals surface area contributed by atoms with Crippen molar-refractivity contribution in [3.05, 3.63) is 65.2 Å². The maximum absolute atomic E-state index is 13.0. The van der Waals surface area contributed by atoms with Crippen molar-refractivity contribution in [3.8, 4) is 11.5 Å². The van der Waals surface area contributed by atoms with Gasteiger partial charge in [0.2, 0.25) is 0 Å². The van der Waals surface area contributed by atoms with Crippen LogP contribution in [-0.2, 0) is 17.1 Å². The second kappa shape index (κ2) is 11.4. The number of nitrogens with one attached hydrogen (secondary N) is 1. The van der Waals surface area contributed by atoms with E-state index in [4.69, 9.17) is 9.47 Å². The van der Waals surface area contributed by atoms with Crippen LogP contribution in [0.3, 0.4) is 0 Å². The van der Waals surface area contributed by atoms with Crippen LogP contribution < -0.4 is 10.1 Å². The summed E-state index contributed by atoms with van der Waals surface area (Å²) in [5, 5.41) is 21.9. The lowest BCUT2D eigenvalue weighted by Crippen LogP contribution is -2.55. The Morgan fingerprint density at radius 2 is 1.38 bits per heavy atom. The summed E-state index contributed by atoms with van der Waals surface area (Å²) in [7, 11) is 0. The number of carbonyl (C=O) groups excluding carboxylic acids is 1. The van der Waals surface area contributed by atoms with E-state index >= 15 is 0 Å². The standard InChI is InChI=1S/C25H27F6NO5/c1-22(2,3)37-21(35)32-23(14-33,15-34)10-4-5-16-6-8-19(9-7-16)36-20-12-17(24(26,27)28)11-18(13-20)25(29,30)31/h4-9,11-13,33-34H,10,14-15H2,1-3H3,(H,32,35)/b5-4+. The first-order valence-corrected chi connectivity index (χ1v) is 10.9. The molecule has 0 unspecified atom stereocenters. The molecule has 204 valence electrons. The lowest BCUT2D eigenvalue weighted by Gasteiger charge is -2.31. The van der Waals surface area contributed by atoms with Crippen LogP contribution in [0.15, 0.2) is 48.5 Å². The van der Waals surface area contributed by atoms with Gasteiger partial charge in [-0.1, -0.05) is 24.3 Å². The van der Waals surface area contributed by atoms with Gasteiger partial charge >= 0.3 is 18.4 Å². The summed E-state index contributed by atoms with van der Waals surface area (Å²) in [6.45, 7) is 3.79. The highest BCUT2D eigenvalue weighted by atomic mass is 19.4. The number of hydrogen-bond donors (Lipinski definition) is 3. The van der Waals surface area contributed by atoms with Crippen LogP contribution in [0.5, 0.6) is 11.5 Å². The van der Waals surface area contributed by atoms with Gasteiger partial charge in [0, 0.05) is 0 Å². The maximum Gasteiger partial charge on any atom is 0.416 e. The average Bonchev–Trinajstić information content (AvgIpc) is 2.77. The number of amides is 1. The van der Waals surface area contributed by atoms with Crippen LogP contribution in [0, 0.1) is 0 Å². The highest BCUT2D eigenvalue weighted by Crippen LogP contribution is 2.39. The number of alkyl halides is 6. The molecular formula is C25H27F6NO5. The van der Waals surface area contributed by atoms with Crippen molar-refractivity contribution in [2.24, 2.45) is 0 Å². The molecule has 0 aromatic heterocycles. The minimum atomic E-state index is -5.00. The van der Waals surface area contributed by atoms with E-state index in [1.807, 2.05) is 0 Å². The van der Waals surface area contributed by atoms with Gasteiger partial charge in [-0.2, -0.15) is 26.3 Å². The molecule has 0 aliphatic heterocycles. The Labute approximate surface area is 209 Å². The molecule has 3 N–H and O–H groups in total. The molecule has 1 amide bonds. The largest absolute Gasteiger partial charge is 0.457 e. The molecular weight excluding hydrogens is 508 g/mol. The topological polar surface area (TPSA) is 88.0 Å². The second-order valence-corrected chi connectivity index (χ2v) is 9.24. The monoisotopic (exact) mass is 535 g/mol. The van der Waals surface area contributed by atoms with Gasteiger partial charge in [-0.15, -0.1) is 0 Å². The summed E-state index contributed by atoms with van der Waals surface area (Å²) < 4.78 is 88.6. The number of hydrogen-bond acceptors (Lipinski definition) is 5. The van der Waals surface area contributed by atoms with E-state index in [1.54, 1.807) is 32.9 Å². The SMILES string of the molecule is CC(C)(C)OC(=O)NC(CO)(CO)C/C=C/c1ccc(Oc2cc(C(F)(F)F)cc(C(F)(F)F)c2)cc1. The number of aliphatic hydroxyl groups is 2. The molecule has 0 atom stereocenters. The van der Waals surface area contributed by atoms with E-state index in [0.717, 1.165) is 0 Å². The molecule has 2 aromatic carbocycles. The Morgan fingerprint density at radius 3 is 1.81 bits per heavy atom. The zero-order chi connectivity index (χ0) is 28.1. The first-order chi connectivity index (χ1) is 17.0. The Balaban J connectivity index is 2.14. The predicted octanol–water partition coefficient (Wildman–Crippen LogP) is 6.17. The fraction of sp³-hybridized carbons (Fsp3) is 0.400. The van der Waals surface area contributed by atoms with Gasteiger partial charge in [0.1, 0.15) is 17.1 Å². The Morgan fingerprint density at radius 1 is 0.865 bits per heavy atom. The van der Waals surface area contributed by atoms with Crippen LogP contribution in [-0.4, -0.2) is 40.7 Å². The van der Waals surface area contributed by atoms with E-state index in [1.165, 1.54) is 24.3 Å². The lowest BCUT2D eigenvalue weighted by atomic mass is 9.96. The van der Waals surface area contributed by atoms with Gasteiger partial charge in [0.05, 0.1) is 29.9 Å². The molecule has 0 heterocycles. The molecule has 2 rings (SSSR count). The minimum absolute atomic E-state index is 0.00347. The van der Waals surface area contributed by atoms with Crippen molar-refractivity contribution in [1.82, 2.24) is 5.32 Å². The third kappa shape index (κ3) is 9.29. The van der Waals surface area contributed by atoms with E-state index in [-0.39, 0.29) is 18.2 Å². The average molecular weight is 535 g/mol. The molecule has 12 heteroatoms. The molecule has 0 fully saturated rings. The summed E-state index contributed by atoms with van der Waals surface area (Å²) in [6.07, 6.45) is -7.67. The molecule has 0 saturated heterocycles. The summed E-state index contributed by atoms with van der Waals surface area (Å²) in [5.41, 5.74) is -4.61. The summed E-state index contributed by atoms with van der Waals surface area (Å²) in [6, 6.07) is 6.64. The summed E-state index contributed by atoms with van der Waals surface area (Å²) in [5.74, 6) is -0.634. The zero-order valence-corrected chi connectivity index (χ0v) is 20.2. The van der Waals surface area contributed by atoms with Gasteiger partial charge in [0.15, 0.2) is 0 Å². The normalized spacial score (nSPS) is 13.1. The molecule has 2 aromatic rings. The van der Waals surface area contributed by atoms with Gasteiger partial charge in [0.25, 0.3) is 0 Å². The molecule has 0 aliphatic rings. The number of aliphatic hydroxyl groups excluding tert-OH is 2. The number of alkyl carbamates (subject to hydrolysis) is 1. The Hall–Kier alpha value is -3.25. The molecule has 0 spiro atoms.